The molecule has 56 valence electrons. The maximum absolute atomic E-state index is 8.41. The minimum Gasteiger partial charge on any atom is -0.316 e. The van der Waals surface area contributed by atoms with Crippen LogP contribution in [0.1, 0.15) is 5.56 Å². The van der Waals surface area contributed by atoms with Gasteiger partial charge in [-0.15, -0.1) is 0 Å². The first-order valence-electron chi connectivity index (χ1n) is 3.37. The van der Waals surface area contributed by atoms with Crippen LogP contribution in [0, 0.1) is 11.3 Å². The summed E-state index contributed by atoms with van der Waals surface area (Å²) >= 11 is 0. The molecular formula is C8H9N3. The molecule has 0 spiro atoms. The lowest BCUT2D eigenvalue weighted by molar-refractivity contribution is 0.821. The second kappa shape index (κ2) is 3.69. The van der Waals surface area contributed by atoms with Gasteiger partial charge in [-0.05, 0) is 17.7 Å². The van der Waals surface area contributed by atoms with Gasteiger partial charge in [-0.3, -0.25) is 4.98 Å². The minimum atomic E-state index is -0.405. The van der Waals surface area contributed by atoms with Crippen molar-refractivity contribution < 1.29 is 0 Å². The number of pyridine rings is 1. The first-order chi connectivity index (χ1) is 5.33. The van der Waals surface area contributed by atoms with Crippen molar-refractivity contribution in [1.29, 1.82) is 5.26 Å². The van der Waals surface area contributed by atoms with E-state index in [2.05, 4.69) is 4.98 Å². The van der Waals surface area contributed by atoms with Crippen LogP contribution in [0.3, 0.4) is 0 Å². The van der Waals surface area contributed by atoms with Crippen LogP contribution in [-0.4, -0.2) is 11.0 Å². The minimum absolute atomic E-state index is 0.405. The van der Waals surface area contributed by atoms with Crippen molar-refractivity contribution >= 4 is 0 Å². The van der Waals surface area contributed by atoms with Crippen LogP contribution in [0.25, 0.3) is 0 Å². The van der Waals surface area contributed by atoms with Gasteiger partial charge in [0.25, 0.3) is 0 Å². The molecule has 0 aliphatic carbocycles. The first kappa shape index (κ1) is 7.70. The molecular weight excluding hydrogens is 138 g/mol. The van der Waals surface area contributed by atoms with Crippen molar-refractivity contribution in [2.45, 2.75) is 12.5 Å². The summed E-state index contributed by atoms with van der Waals surface area (Å²) in [5, 5.41) is 8.41. The van der Waals surface area contributed by atoms with E-state index in [4.69, 9.17) is 11.0 Å². The smallest absolute Gasteiger partial charge is 0.0968 e. The predicted molar refractivity (Wildman–Crippen MR) is 41.5 cm³/mol. The fourth-order valence-corrected chi connectivity index (χ4v) is 0.818. The highest BCUT2D eigenvalue weighted by molar-refractivity contribution is 5.13. The van der Waals surface area contributed by atoms with E-state index in [1.165, 1.54) is 0 Å². The van der Waals surface area contributed by atoms with E-state index in [-0.39, 0.29) is 0 Å². The van der Waals surface area contributed by atoms with Crippen molar-refractivity contribution in [3.63, 3.8) is 0 Å². The Hall–Kier alpha value is -1.40. The van der Waals surface area contributed by atoms with E-state index in [1.807, 2.05) is 18.2 Å². The number of nitrogens with two attached hydrogens (primary N) is 1. The molecule has 11 heavy (non-hydrogen) atoms. The molecule has 2 N–H and O–H groups in total. The molecule has 1 aromatic rings. The van der Waals surface area contributed by atoms with Crippen molar-refractivity contribution in [3.8, 4) is 6.07 Å². The maximum Gasteiger partial charge on any atom is 0.0968 e. The Morgan fingerprint density at radius 1 is 1.55 bits per heavy atom. The third-order valence-electron chi connectivity index (χ3n) is 1.37. The van der Waals surface area contributed by atoms with Crippen LogP contribution in [0.4, 0.5) is 0 Å². The highest BCUT2D eigenvalue weighted by Crippen LogP contribution is 1.98. The van der Waals surface area contributed by atoms with Gasteiger partial charge in [0.2, 0.25) is 0 Å². The van der Waals surface area contributed by atoms with Gasteiger partial charge in [0, 0.05) is 18.8 Å². The highest BCUT2D eigenvalue weighted by atomic mass is 14.6. The van der Waals surface area contributed by atoms with Gasteiger partial charge in [-0.25, -0.2) is 0 Å². The fourth-order valence-electron chi connectivity index (χ4n) is 0.818. The zero-order valence-electron chi connectivity index (χ0n) is 6.07. The summed E-state index contributed by atoms with van der Waals surface area (Å²) in [4.78, 5) is 3.85. The van der Waals surface area contributed by atoms with Crippen LogP contribution in [0.5, 0.6) is 0 Å². The average molecular weight is 147 g/mol. The Labute approximate surface area is 65.5 Å². The van der Waals surface area contributed by atoms with E-state index in [0.717, 1.165) is 5.56 Å². The van der Waals surface area contributed by atoms with Crippen molar-refractivity contribution in [1.82, 2.24) is 4.98 Å². The second-order valence-corrected chi connectivity index (χ2v) is 2.30. The third kappa shape index (κ3) is 2.36. The molecule has 3 heteroatoms. The molecule has 0 amide bonds. The molecule has 0 bridgehead atoms. The van der Waals surface area contributed by atoms with E-state index in [9.17, 15) is 0 Å². The van der Waals surface area contributed by atoms with E-state index < -0.39 is 6.04 Å². The van der Waals surface area contributed by atoms with Crippen molar-refractivity contribution in [3.05, 3.63) is 30.1 Å². The van der Waals surface area contributed by atoms with Crippen molar-refractivity contribution in [2.75, 3.05) is 0 Å². The predicted octanol–water partition coefficient (Wildman–Crippen LogP) is 0.475. The lowest BCUT2D eigenvalue weighted by Gasteiger charge is -2.00. The molecule has 0 radical (unpaired) electrons. The summed E-state index contributed by atoms with van der Waals surface area (Å²) in [7, 11) is 0. The lowest BCUT2D eigenvalue weighted by atomic mass is 10.1. The molecule has 3 nitrogen and oxygen atoms in total. The van der Waals surface area contributed by atoms with E-state index >= 15 is 0 Å². The molecule has 0 saturated carbocycles. The third-order valence-corrected chi connectivity index (χ3v) is 1.37. The van der Waals surface area contributed by atoms with Crippen LogP contribution in [0.2, 0.25) is 0 Å². The topological polar surface area (TPSA) is 62.7 Å². The summed E-state index contributed by atoms with van der Waals surface area (Å²) in [5.41, 5.74) is 6.47. The van der Waals surface area contributed by atoms with Gasteiger partial charge in [0.15, 0.2) is 0 Å². The molecule has 1 atom stereocenters. The SMILES string of the molecule is N#C[C@H](N)Cc1ccncc1. The number of nitriles is 1. The normalized spacial score (nSPS) is 12.0. The van der Waals surface area contributed by atoms with Gasteiger partial charge >= 0.3 is 0 Å². The molecule has 0 aliphatic rings. The van der Waals surface area contributed by atoms with Gasteiger partial charge in [-0.2, -0.15) is 5.26 Å². The highest BCUT2D eigenvalue weighted by Gasteiger charge is 1.99. The number of nitrogens with zero attached hydrogens (tertiary/aromatic N) is 2. The largest absolute Gasteiger partial charge is 0.316 e. The number of aromatic nitrogens is 1. The standard InChI is InChI=1S/C8H9N3/c9-6-8(10)5-7-1-3-11-4-2-7/h1-4,8H,5,10H2/t8-/m1/s1. The van der Waals surface area contributed by atoms with Crippen LogP contribution in [-0.2, 0) is 6.42 Å². The molecule has 0 saturated heterocycles. The number of rotatable bonds is 2. The molecule has 0 aromatic carbocycles. The Balaban J connectivity index is 2.60. The summed E-state index contributed by atoms with van der Waals surface area (Å²) in [5.74, 6) is 0. The molecule has 1 aromatic heterocycles. The lowest BCUT2D eigenvalue weighted by Crippen LogP contribution is -2.19. The Morgan fingerprint density at radius 2 is 2.18 bits per heavy atom. The molecule has 1 heterocycles. The van der Waals surface area contributed by atoms with Crippen LogP contribution >= 0.6 is 0 Å². The van der Waals surface area contributed by atoms with Crippen LogP contribution in [0.15, 0.2) is 24.5 Å². The second-order valence-electron chi connectivity index (χ2n) is 2.30. The summed E-state index contributed by atoms with van der Waals surface area (Å²) in [6.45, 7) is 0. The number of hydrogen-bond donors (Lipinski definition) is 1. The molecule has 0 unspecified atom stereocenters. The zero-order valence-corrected chi connectivity index (χ0v) is 6.07. The van der Waals surface area contributed by atoms with E-state index in [1.54, 1.807) is 12.4 Å². The molecule has 1 rings (SSSR count). The quantitative estimate of drug-likeness (QED) is 0.661. The average Bonchev–Trinajstić information content (AvgIpc) is 2.06. The van der Waals surface area contributed by atoms with Gasteiger partial charge < -0.3 is 5.73 Å². The summed E-state index contributed by atoms with van der Waals surface area (Å²) in [6, 6.07) is 5.28. The Morgan fingerprint density at radius 3 is 2.73 bits per heavy atom. The fraction of sp³-hybridized carbons (Fsp3) is 0.250. The van der Waals surface area contributed by atoms with Crippen molar-refractivity contribution in [2.24, 2.45) is 5.73 Å². The van der Waals surface area contributed by atoms with E-state index in [0.29, 0.717) is 6.42 Å². The molecule has 0 aliphatic heterocycles. The monoisotopic (exact) mass is 147 g/mol. The van der Waals surface area contributed by atoms with Gasteiger partial charge in [0.1, 0.15) is 0 Å². The number of hydrogen-bond acceptors (Lipinski definition) is 3. The first-order valence-corrected chi connectivity index (χ1v) is 3.37. The summed E-state index contributed by atoms with van der Waals surface area (Å²) in [6.07, 6.45) is 3.98. The molecule has 0 fully saturated rings. The maximum atomic E-state index is 8.41. The van der Waals surface area contributed by atoms with Gasteiger partial charge in [-0.1, -0.05) is 0 Å². The summed E-state index contributed by atoms with van der Waals surface area (Å²) < 4.78 is 0. The van der Waals surface area contributed by atoms with Crippen LogP contribution < -0.4 is 5.73 Å². The Kier molecular flexibility index (Phi) is 2.59. The van der Waals surface area contributed by atoms with Gasteiger partial charge in [0.05, 0.1) is 12.1 Å². The zero-order chi connectivity index (χ0) is 8.10. The Bertz CT molecular complexity index is 250.